The van der Waals surface area contributed by atoms with Crippen LogP contribution >= 0.6 is 0 Å². The molecule has 0 saturated heterocycles. The van der Waals surface area contributed by atoms with Gasteiger partial charge in [-0.05, 0) is 41.5 Å². The van der Waals surface area contributed by atoms with Crippen LogP contribution in [0.3, 0.4) is 0 Å². The van der Waals surface area contributed by atoms with Crippen LogP contribution in [0.25, 0.3) is 10.8 Å². The summed E-state index contributed by atoms with van der Waals surface area (Å²) < 4.78 is 37.2. The van der Waals surface area contributed by atoms with E-state index in [0.29, 0.717) is 16.8 Å². The summed E-state index contributed by atoms with van der Waals surface area (Å²) in [5.74, 6) is -2.48. The van der Waals surface area contributed by atoms with Crippen molar-refractivity contribution in [3.8, 4) is 0 Å². The third kappa shape index (κ3) is 4.78. The van der Waals surface area contributed by atoms with Crippen LogP contribution in [0.4, 0.5) is 18.9 Å². The molecule has 0 bridgehead atoms. The summed E-state index contributed by atoms with van der Waals surface area (Å²) in [6.45, 7) is 1.59. The molecule has 3 aromatic carbocycles. The number of amides is 2. The third-order valence-corrected chi connectivity index (χ3v) is 4.16. The van der Waals surface area contributed by atoms with Crippen molar-refractivity contribution >= 4 is 34.0 Å². The lowest BCUT2D eigenvalue weighted by molar-refractivity contribution is -0.167. The number of hydrogen-bond donors (Lipinski definition) is 2. The molecule has 2 N–H and O–H groups in total. The van der Waals surface area contributed by atoms with Crippen molar-refractivity contribution in [2.75, 3.05) is 5.32 Å². The summed E-state index contributed by atoms with van der Waals surface area (Å²) >= 11 is 0. The van der Waals surface area contributed by atoms with Crippen LogP contribution in [0.5, 0.6) is 0 Å². The van der Waals surface area contributed by atoms with E-state index in [9.17, 15) is 22.8 Å². The summed E-state index contributed by atoms with van der Waals surface area (Å²) in [6.07, 6.45) is -4.98. The molecule has 0 saturated carbocycles. The number of fused-ring (bicyclic) bond motifs is 1. The van der Waals surface area contributed by atoms with E-state index in [1.54, 1.807) is 30.4 Å². The first-order valence-corrected chi connectivity index (χ1v) is 8.57. The van der Waals surface area contributed by atoms with E-state index in [0.717, 1.165) is 10.8 Å². The quantitative estimate of drug-likeness (QED) is 0.501. The fourth-order valence-electron chi connectivity index (χ4n) is 2.71. The summed E-state index contributed by atoms with van der Waals surface area (Å²) in [4.78, 5) is 23.6. The van der Waals surface area contributed by atoms with Crippen LogP contribution in [0.15, 0.2) is 71.8 Å². The number of nitrogens with one attached hydrogen (secondary N) is 2. The molecule has 3 aromatic rings. The molecule has 0 aromatic heterocycles. The Labute approximate surface area is 164 Å². The number of benzene rings is 3. The number of rotatable bonds is 4. The van der Waals surface area contributed by atoms with Crippen molar-refractivity contribution in [1.29, 1.82) is 0 Å². The molecule has 0 unspecified atom stereocenters. The molecule has 0 fully saturated rings. The highest BCUT2D eigenvalue weighted by Gasteiger charge is 2.38. The molecule has 0 radical (unpaired) electrons. The van der Waals surface area contributed by atoms with Gasteiger partial charge in [0.15, 0.2) is 0 Å². The first-order chi connectivity index (χ1) is 13.8. The average Bonchev–Trinajstić information content (AvgIpc) is 2.70. The largest absolute Gasteiger partial charge is 0.471 e. The lowest BCUT2D eigenvalue weighted by atomic mass is 10.0. The second-order valence-corrected chi connectivity index (χ2v) is 6.20. The Morgan fingerprint density at radius 1 is 0.931 bits per heavy atom. The summed E-state index contributed by atoms with van der Waals surface area (Å²) in [5.41, 5.74) is 3.69. The number of anilines is 1. The van der Waals surface area contributed by atoms with Crippen LogP contribution in [0.2, 0.25) is 0 Å². The number of carbonyl (C=O) groups is 2. The molecule has 5 nitrogen and oxygen atoms in total. The highest BCUT2D eigenvalue weighted by atomic mass is 19.4. The molecular formula is C21H16F3N3O2. The molecule has 0 aliphatic rings. The van der Waals surface area contributed by atoms with Gasteiger partial charge in [0.2, 0.25) is 0 Å². The molecule has 3 rings (SSSR count). The van der Waals surface area contributed by atoms with E-state index >= 15 is 0 Å². The van der Waals surface area contributed by atoms with E-state index in [2.05, 4.69) is 10.5 Å². The predicted octanol–water partition coefficient (Wildman–Crippen LogP) is 4.49. The van der Waals surface area contributed by atoms with Crippen molar-refractivity contribution in [1.82, 2.24) is 5.43 Å². The zero-order valence-electron chi connectivity index (χ0n) is 15.2. The van der Waals surface area contributed by atoms with Gasteiger partial charge in [-0.1, -0.05) is 48.5 Å². The molecule has 0 aliphatic heterocycles. The Kier molecular flexibility index (Phi) is 5.63. The highest BCUT2D eigenvalue weighted by molar-refractivity contribution is 6.08. The predicted molar refractivity (Wildman–Crippen MR) is 105 cm³/mol. The van der Waals surface area contributed by atoms with Crippen molar-refractivity contribution in [3.05, 3.63) is 77.9 Å². The zero-order chi connectivity index (χ0) is 21.0. The van der Waals surface area contributed by atoms with Crippen molar-refractivity contribution < 1.29 is 22.8 Å². The first-order valence-electron chi connectivity index (χ1n) is 8.57. The van der Waals surface area contributed by atoms with Gasteiger partial charge in [0, 0.05) is 11.3 Å². The van der Waals surface area contributed by atoms with Crippen molar-refractivity contribution in [3.63, 3.8) is 0 Å². The van der Waals surface area contributed by atoms with Crippen LogP contribution in [0.1, 0.15) is 22.8 Å². The molecule has 0 aliphatic carbocycles. The minimum atomic E-state index is -4.98. The SMILES string of the molecule is CC(=NNC(=O)c1cccc2ccccc12)c1cccc(NC(=O)C(F)(F)F)c1. The minimum Gasteiger partial charge on any atom is -0.318 e. The Morgan fingerprint density at radius 3 is 2.38 bits per heavy atom. The number of hydrazone groups is 1. The molecule has 2 amide bonds. The van der Waals surface area contributed by atoms with E-state index in [4.69, 9.17) is 0 Å². The summed E-state index contributed by atoms with van der Waals surface area (Å²) in [6, 6.07) is 18.5. The van der Waals surface area contributed by atoms with E-state index in [-0.39, 0.29) is 5.69 Å². The molecule has 8 heteroatoms. The maximum Gasteiger partial charge on any atom is 0.471 e. The first kappa shape index (κ1) is 20.1. The Bertz CT molecular complexity index is 1100. The maximum atomic E-state index is 12.5. The van der Waals surface area contributed by atoms with E-state index < -0.39 is 18.0 Å². The third-order valence-electron chi connectivity index (χ3n) is 4.16. The Hall–Kier alpha value is -3.68. The number of hydrogen-bond acceptors (Lipinski definition) is 3. The zero-order valence-corrected chi connectivity index (χ0v) is 15.2. The molecule has 0 atom stereocenters. The van der Waals surface area contributed by atoms with Gasteiger partial charge in [-0.25, -0.2) is 5.43 Å². The highest BCUT2D eigenvalue weighted by Crippen LogP contribution is 2.20. The lowest BCUT2D eigenvalue weighted by Gasteiger charge is -2.09. The van der Waals surface area contributed by atoms with Crippen molar-refractivity contribution in [2.24, 2.45) is 5.10 Å². The second kappa shape index (κ2) is 8.14. The average molecular weight is 399 g/mol. The maximum absolute atomic E-state index is 12.5. The van der Waals surface area contributed by atoms with Gasteiger partial charge in [-0.3, -0.25) is 9.59 Å². The molecule has 0 heterocycles. The van der Waals surface area contributed by atoms with Gasteiger partial charge in [0.05, 0.1) is 5.71 Å². The van der Waals surface area contributed by atoms with Crippen LogP contribution in [-0.4, -0.2) is 23.7 Å². The standard InChI is InChI=1S/C21H16F3N3O2/c1-13(15-8-4-9-16(12-15)25-20(29)21(22,23)24)26-27-19(28)18-11-5-7-14-6-2-3-10-17(14)18/h2-12H,1H3,(H,25,29)(H,27,28). The Morgan fingerprint density at radius 2 is 1.62 bits per heavy atom. The van der Waals surface area contributed by atoms with Crippen LogP contribution < -0.4 is 10.7 Å². The number of carbonyl (C=O) groups excluding carboxylic acids is 2. The number of alkyl halides is 3. The summed E-state index contributed by atoms with van der Waals surface area (Å²) in [5, 5.41) is 7.50. The van der Waals surface area contributed by atoms with Gasteiger partial charge in [-0.2, -0.15) is 18.3 Å². The number of nitrogens with zero attached hydrogens (tertiary/aromatic N) is 1. The fourth-order valence-corrected chi connectivity index (χ4v) is 2.71. The molecular weight excluding hydrogens is 383 g/mol. The molecule has 0 spiro atoms. The van der Waals surface area contributed by atoms with Gasteiger partial charge in [-0.15, -0.1) is 0 Å². The lowest BCUT2D eigenvalue weighted by Crippen LogP contribution is -2.29. The van der Waals surface area contributed by atoms with Gasteiger partial charge in [0.25, 0.3) is 5.91 Å². The van der Waals surface area contributed by atoms with Crippen LogP contribution in [-0.2, 0) is 4.79 Å². The smallest absolute Gasteiger partial charge is 0.318 e. The number of halogens is 3. The molecule has 148 valence electrons. The second-order valence-electron chi connectivity index (χ2n) is 6.20. The van der Waals surface area contributed by atoms with E-state index in [1.165, 1.54) is 18.2 Å². The topological polar surface area (TPSA) is 70.6 Å². The van der Waals surface area contributed by atoms with Gasteiger partial charge in [0.1, 0.15) is 0 Å². The normalized spacial score (nSPS) is 11.9. The fraction of sp³-hybridized carbons (Fsp3) is 0.0952. The van der Waals surface area contributed by atoms with Gasteiger partial charge < -0.3 is 5.32 Å². The Balaban J connectivity index is 1.77. The van der Waals surface area contributed by atoms with Gasteiger partial charge >= 0.3 is 12.1 Å². The van der Waals surface area contributed by atoms with Crippen molar-refractivity contribution in [2.45, 2.75) is 13.1 Å². The van der Waals surface area contributed by atoms with E-state index in [1.807, 2.05) is 30.3 Å². The molecule has 29 heavy (non-hydrogen) atoms. The summed E-state index contributed by atoms with van der Waals surface area (Å²) in [7, 11) is 0. The monoisotopic (exact) mass is 399 g/mol. The van der Waals surface area contributed by atoms with Crippen LogP contribution in [0, 0.1) is 0 Å². The minimum absolute atomic E-state index is 0.0280.